The fourth-order valence-corrected chi connectivity index (χ4v) is 2.05. The van der Waals surface area contributed by atoms with Gasteiger partial charge in [-0.1, -0.05) is 30.3 Å². The Bertz CT molecular complexity index is 623. The van der Waals surface area contributed by atoms with Crippen LogP contribution in [0.1, 0.15) is 21.5 Å². The number of hydrogen-bond acceptors (Lipinski definition) is 3. The van der Waals surface area contributed by atoms with Crippen molar-refractivity contribution in [2.45, 2.75) is 13.5 Å². The van der Waals surface area contributed by atoms with E-state index in [1.807, 2.05) is 31.2 Å². The van der Waals surface area contributed by atoms with E-state index in [4.69, 9.17) is 21.1 Å². The summed E-state index contributed by atoms with van der Waals surface area (Å²) in [6.45, 7) is 2.36. The van der Waals surface area contributed by atoms with Gasteiger partial charge in [0.1, 0.15) is 6.61 Å². The molecule has 0 spiro atoms. The quantitative estimate of drug-likeness (QED) is 0.782. The molecule has 0 amide bonds. The van der Waals surface area contributed by atoms with Crippen LogP contribution in [0.3, 0.4) is 0 Å². The number of rotatable bonds is 5. The topological polar surface area (TPSA) is 35.5 Å². The molecule has 4 heteroatoms. The van der Waals surface area contributed by atoms with Crippen molar-refractivity contribution in [3.8, 4) is 11.5 Å². The summed E-state index contributed by atoms with van der Waals surface area (Å²) in [6, 6.07) is 13.0. The summed E-state index contributed by atoms with van der Waals surface area (Å²) in [4.78, 5) is 11.4. The molecule has 0 bridgehead atoms. The summed E-state index contributed by atoms with van der Waals surface area (Å²) < 4.78 is 11.0. The zero-order valence-electron chi connectivity index (χ0n) is 11.4. The second kappa shape index (κ2) is 6.44. The lowest BCUT2D eigenvalue weighted by Crippen LogP contribution is -2.03. The summed E-state index contributed by atoms with van der Waals surface area (Å²) in [5, 5.41) is -0.566. The first-order valence-corrected chi connectivity index (χ1v) is 6.55. The Morgan fingerprint density at radius 2 is 1.90 bits per heavy atom. The van der Waals surface area contributed by atoms with Crippen molar-refractivity contribution in [1.29, 1.82) is 0 Å². The van der Waals surface area contributed by atoms with E-state index < -0.39 is 5.24 Å². The molecule has 2 rings (SSSR count). The molecular formula is C16H15ClO3. The highest BCUT2D eigenvalue weighted by Gasteiger charge is 2.15. The van der Waals surface area contributed by atoms with Crippen molar-refractivity contribution in [2.75, 3.05) is 7.11 Å². The van der Waals surface area contributed by atoms with E-state index in [-0.39, 0.29) is 0 Å². The van der Waals surface area contributed by atoms with Crippen LogP contribution in [-0.2, 0) is 6.61 Å². The number of benzene rings is 2. The maximum Gasteiger partial charge on any atom is 0.256 e. The van der Waals surface area contributed by atoms with Gasteiger partial charge in [-0.25, -0.2) is 0 Å². The number of halogens is 1. The summed E-state index contributed by atoms with van der Waals surface area (Å²) in [6.07, 6.45) is 0. The van der Waals surface area contributed by atoms with Gasteiger partial charge in [0, 0.05) is 0 Å². The monoisotopic (exact) mass is 290 g/mol. The maximum absolute atomic E-state index is 11.4. The second-order valence-electron chi connectivity index (χ2n) is 4.33. The van der Waals surface area contributed by atoms with Crippen molar-refractivity contribution >= 4 is 16.8 Å². The number of para-hydroxylation sites is 1. The van der Waals surface area contributed by atoms with Gasteiger partial charge in [0.05, 0.1) is 12.7 Å². The Balaban J connectivity index is 2.29. The molecule has 0 N–H and O–H groups in total. The molecule has 3 nitrogen and oxygen atoms in total. The maximum atomic E-state index is 11.4. The zero-order chi connectivity index (χ0) is 14.5. The van der Waals surface area contributed by atoms with Crippen LogP contribution in [0.2, 0.25) is 0 Å². The first-order valence-electron chi connectivity index (χ1n) is 6.17. The fourth-order valence-electron chi connectivity index (χ4n) is 1.90. The molecule has 2 aromatic carbocycles. The van der Waals surface area contributed by atoms with Gasteiger partial charge in [0.15, 0.2) is 11.5 Å². The highest BCUT2D eigenvalue weighted by molar-refractivity contribution is 6.68. The van der Waals surface area contributed by atoms with Crippen LogP contribution in [-0.4, -0.2) is 12.4 Å². The van der Waals surface area contributed by atoms with Crippen molar-refractivity contribution in [1.82, 2.24) is 0 Å². The van der Waals surface area contributed by atoms with Crippen LogP contribution in [0, 0.1) is 6.92 Å². The molecule has 2 aromatic rings. The van der Waals surface area contributed by atoms with Crippen molar-refractivity contribution in [3.05, 3.63) is 59.2 Å². The van der Waals surface area contributed by atoms with Gasteiger partial charge in [0.25, 0.3) is 5.24 Å². The van der Waals surface area contributed by atoms with E-state index in [0.717, 1.165) is 11.1 Å². The van der Waals surface area contributed by atoms with E-state index in [1.54, 1.807) is 18.2 Å². The highest BCUT2D eigenvalue weighted by Crippen LogP contribution is 2.32. The first kappa shape index (κ1) is 14.4. The zero-order valence-corrected chi connectivity index (χ0v) is 12.1. The molecule has 0 aliphatic carbocycles. The van der Waals surface area contributed by atoms with Crippen LogP contribution >= 0.6 is 11.6 Å². The molecule has 0 fully saturated rings. The Morgan fingerprint density at radius 1 is 1.15 bits per heavy atom. The molecule has 104 valence electrons. The lowest BCUT2D eigenvalue weighted by atomic mass is 10.1. The van der Waals surface area contributed by atoms with Gasteiger partial charge < -0.3 is 9.47 Å². The predicted octanol–water partition coefficient (Wildman–Crippen LogP) is 3.96. The molecule has 0 saturated heterocycles. The Labute approximate surface area is 123 Å². The largest absolute Gasteiger partial charge is 0.493 e. The van der Waals surface area contributed by atoms with Gasteiger partial charge in [-0.05, 0) is 41.8 Å². The SMILES string of the molecule is COc1cccc(C(=O)Cl)c1OCc1ccccc1C. The number of methoxy groups -OCH3 is 1. The van der Waals surface area contributed by atoms with Crippen molar-refractivity contribution in [3.63, 3.8) is 0 Å². The molecular weight excluding hydrogens is 276 g/mol. The predicted molar refractivity (Wildman–Crippen MR) is 78.7 cm³/mol. The van der Waals surface area contributed by atoms with Gasteiger partial charge in [0.2, 0.25) is 0 Å². The lowest BCUT2D eigenvalue weighted by Gasteiger charge is -2.14. The molecule has 0 unspecified atom stereocenters. The third-order valence-corrected chi connectivity index (χ3v) is 3.25. The van der Waals surface area contributed by atoms with Crippen LogP contribution in [0.4, 0.5) is 0 Å². The highest BCUT2D eigenvalue weighted by atomic mass is 35.5. The number of aryl methyl sites for hydroxylation is 1. The van der Waals surface area contributed by atoms with Crippen LogP contribution < -0.4 is 9.47 Å². The van der Waals surface area contributed by atoms with E-state index in [1.165, 1.54) is 7.11 Å². The molecule has 0 saturated carbocycles. The van der Waals surface area contributed by atoms with E-state index in [2.05, 4.69) is 0 Å². The van der Waals surface area contributed by atoms with E-state index >= 15 is 0 Å². The summed E-state index contributed by atoms with van der Waals surface area (Å²) in [5.74, 6) is 0.864. The lowest BCUT2D eigenvalue weighted by molar-refractivity contribution is 0.107. The Morgan fingerprint density at radius 3 is 2.55 bits per heavy atom. The van der Waals surface area contributed by atoms with E-state index in [0.29, 0.717) is 23.7 Å². The summed E-state index contributed by atoms with van der Waals surface area (Å²) in [5.41, 5.74) is 2.48. The molecule has 0 aliphatic heterocycles. The molecule has 0 atom stereocenters. The van der Waals surface area contributed by atoms with Crippen molar-refractivity contribution < 1.29 is 14.3 Å². The standard InChI is InChI=1S/C16H15ClO3/c1-11-6-3-4-7-12(11)10-20-15-13(16(17)18)8-5-9-14(15)19-2/h3-9H,10H2,1-2H3. The second-order valence-corrected chi connectivity index (χ2v) is 4.67. The van der Waals surface area contributed by atoms with Gasteiger partial charge in [-0.3, -0.25) is 4.79 Å². The molecule has 0 aromatic heterocycles. The van der Waals surface area contributed by atoms with Crippen LogP contribution in [0.5, 0.6) is 11.5 Å². The van der Waals surface area contributed by atoms with E-state index in [9.17, 15) is 4.79 Å². The number of ether oxygens (including phenoxy) is 2. The molecule has 0 aliphatic rings. The van der Waals surface area contributed by atoms with Gasteiger partial charge in [-0.15, -0.1) is 0 Å². The first-order chi connectivity index (χ1) is 9.63. The minimum Gasteiger partial charge on any atom is -0.493 e. The minimum absolute atomic E-state index is 0.305. The number of carbonyl (C=O) groups excluding carboxylic acids is 1. The minimum atomic E-state index is -0.566. The summed E-state index contributed by atoms with van der Waals surface area (Å²) in [7, 11) is 1.53. The van der Waals surface area contributed by atoms with Crippen LogP contribution in [0.15, 0.2) is 42.5 Å². The average Bonchev–Trinajstić information content (AvgIpc) is 2.46. The number of carbonyl (C=O) groups is 1. The molecule has 0 radical (unpaired) electrons. The smallest absolute Gasteiger partial charge is 0.256 e. The molecule has 0 heterocycles. The number of hydrogen-bond donors (Lipinski definition) is 0. The third-order valence-electron chi connectivity index (χ3n) is 3.04. The molecule has 20 heavy (non-hydrogen) atoms. The third kappa shape index (κ3) is 3.11. The van der Waals surface area contributed by atoms with Gasteiger partial charge in [-0.2, -0.15) is 0 Å². The Hall–Kier alpha value is -2.00. The average molecular weight is 291 g/mol. The summed E-state index contributed by atoms with van der Waals surface area (Å²) >= 11 is 5.58. The van der Waals surface area contributed by atoms with Crippen LogP contribution in [0.25, 0.3) is 0 Å². The Kier molecular flexibility index (Phi) is 4.64. The normalized spacial score (nSPS) is 10.2. The van der Waals surface area contributed by atoms with Crippen molar-refractivity contribution in [2.24, 2.45) is 0 Å². The fraction of sp³-hybridized carbons (Fsp3) is 0.188. The van der Waals surface area contributed by atoms with Gasteiger partial charge >= 0.3 is 0 Å².